The molecule has 4 N–H and O–H groups in total. The number of carbonyl (C=O) groups excluding carboxylic acids is 1. The van der Waals surface area contributed by atoms with Crippen molar-refractivity contribution in [2.45, 2.75) is 173 Å². The van der Waals surface area contributed by atoms with Gasteiger partial charge in [-0.25, -0.2) is 0 Å². The van der Waals surface area contributed by atoms with Crippen molar-refractivity contribution in [3.63, 3.8) is 0 Å². The predicted octanol–water partition coefficient (Wildman–Crippen LogP) is 7.26. The minimum atomic E-state index is -4.39. The second-order valence-corrected chi connectivity index (χ2v) is 12.7. The molecule has 39 heavy (non-hydrogen) atoms. The molecule has 232 valence electrons. The van der Waals surface area contributed by atoms with Crippen molar-refractivity contribution >= 4 is 16.0 Å². The molecular weight excluding hydrogens is 514 g/mol. The Morgan fingerprint density at radius 2 is 1.10 bits per heavy atom. The van der Waals surface area contributed by atoms with Crippen LogP contribution in [0.3, 0.4) is 0 Å². The lowest BCUT2D eigenvalue weighted by molar-refractivity contribution is -0.131. The summed E-state index contributed by atoms with van der Waals surface area (Å²) in [5.41, 5.74) is 0. The lowest BCUT2D eigenvalue weighted by atomic mass is 10.0. The Morgan fingerprint density at radius 3 is 1.62 bits per heavy atom. The van der Waals surface area contributed by atoms with Crippen molar-refractivity contribution in [3.8, 4) is 0 Å². The van der Waals surface area contributed by atoms with E-state index in [0.717, 1.165) is 51.4 Å². The summed E-state index contributed by atoms with van der Waals surface area (Å²) in [5.74, 6) is -1.47. The van der Waals surface area contributed by atoms with Crippen LogP contribution in [0.2, 0.25) is 0 Å². The van der Waals surface area contributed by atoms with Crippen molar-refractivity contribution in [1.29, 1.82) is 0 Å². The zero-order valence-electron chi connectivity index (χ0n) is 25.1. The number of amides is 1. The van der Waals surface area contributed by atoms with Gasteiger partial charge in [-0.1, -0.05) is 135 Å². The van der Waals surface area contributed by atoms with E-state index in [1.807, 2.05) is 0 Å². The van der Waals surface area contributed by atoms with E-state index in [1.165, 1.54) is 64.2 Å². The lowest BCUT2D eigenvalue weighted by Gasteiger charge is -2.24. The molecule has 0 heterocycles. The molecule has 0 aromatic heterocycles. The molecule has 1 amide bonds. The van der Waals surface area contributed by atoms with Gasteiger partial charge in [0.25, 0.3) is 10.1 Å². The molecule has 0 spiro atoms. The van der Waals surface area contributed by atoms with Crippen molar-refractivity contribution in [1.82, 2.24) is 5.32 Å². The highest BCUT2D eigenvalue weighted by atomic mass is 32.2. The van der Waals surface area contributed by atoms with Crippen molar-refractivity contribution in [2.24, 2.45) is 0 Å². The first-order chi connectivity index (χ1) is 18.7. The quantitative estimate of drug-likeness (QED) is 0.0442. The largest absolute Gasteiger partial charge is 0.391 e. The Hall–Kier alpha value is -0.960. The monoisotopic (exact) mass is 575 g/mol. The van der Waals surface area contributed by atoms with Crippen LogP contribution in [0.1, 0.15) is 155 Å². The van der Waals surface area contributed by atoms with Crippen molar-refractivity contribution in [2.75, 3.05) is 5.75 Å². The van der Waals surface area contributed by atoms with Gasteiger partial charge in [0, 0.05) is 0 Å². The minimum Gasteiger partial charge on any atom is -0.391 e. The van der Waals surface area contributed by atoms with Crippen molar-refractivity contribution < 1.29 is 28.0 Å². The molecule has 0 radical (unpaired) electrons. The van der Waals surface area contributed by atoms with Gasteiger partial charge in [0.05, 0.1) is 17.9 Å². The molecule has 0 saturated heterocycles. The van der Waals surface area contributed by atoms with Gasteiger partial charge in [-0.15, -0.1) is 0 Å². The van der Waals surface area contributed by atoms with Gasteiger partial charge in [-0.05, 0) is 32.1 Å². The van der Waals surface area contributed by atoms with Crippen LogP contribution in [-0.4, -0.2) is 53.1 Å². The summed E-state index contributed by atoms with van der Waals surface area (Å²) in [6.07, 6.45) is 25.2. The number of rotatable bonds is 28. The van der Waals surface area contributed by atoms with Crippen molar-refractivity contribution in [3.05, 3.63) is 12.2 Å². The maximum atomic E-state index is 12.5. The molecule has 0 rings (SSSR count). The maximum absolute atomic E-state index is 12.5. The number of unbranched alkanes of at least 4 members (excludes halogenated alkanes) is 17. The van der Waals surface area contributed by atoms with Crippen LogP contribution in [0.25, 0.3) is 0 Å². The van der Waals surface area contributed by atoms with Crippen LogP contribution in [0.15, 0.2) is 12.2 Å². The lowest BCUT2D eigenvalue weighted by Crippen LogP contribution is -2.50. The summed E-state index contributed by atoms with van der Waals surface area (Å²) < 4.78 is 32.2. The molecule has 0 aliphatic heterocycles. The summed E-state index contributed by atoms with van der Waals surface area (Å²) in [7, 11) is -4.39. The molecule has 0 aliphatic rings. The van der Waals surface area contributed by atoms with Crippen LogP contribution in [-0.2, 0) is 14.9 Å². The van der Waals surface area contributed by atoms with E-state index in [2.05, 4.69) is 31.3 Å². The smallest absolute Gasteiger partial charge is 0.266 e. The number of aliphatic hydroxyl groups is 2. The van der Waals surface area contributed by atoms with E-state index in [1.54, 1.807) is 0 Å². The zero-order chi connectivity index (χ0) is 29.2. The Bertz CT molecular complexity index is 697. The molecule has 0 bridgehead atoms. The van der Waals surface area contributed by atoms with Gasteiger partial charge in [-0.2, -0.15) is 8.42 Å². The SMILES string of the molecule is CCCC/C=C\CCCCCCC(O)C(=O)NC(CS(=O)(=O)O)C(O)CCCCCCCCCCCCCC. The molecule has 8 heteroatoms. The highest BCUT2D eigenvalue weighted by Gasteiger charge is 2.28. The third-order valence-electron chi connectivity index (χ3n) is 7.33. The van der Waals surface area contributed by atoms with Crippen LogP contribution in [0.5, 0.6) is 0 Å². The van der Waals surface area contributed by atoms with E-state index in [4.69, 9.17) is 0 Å². The first-order valence-corrected chi connectivity index (χ1v) is 17.6. The molecule has 0 aromatic carbocycles. The second-order valence-electron chi connectivity index (χ2n) is 11.2. The maximum Gasteiger partial charge on any atom is 0.266 e. The molecular formula is C31H61NO6S. The number of aliphatic hydroxyl groups excluding tert-OH is 2. The highest BCUT2D eigenvalue weighted by Crippen LogP contribution is 2.15. The van der Waals surface area contributed by atoms with Crippen LogP contribution in [0, 0.1) is 0 Å². The topological polar surface area (TPSA) is 124 Å². The van der Waals surface area contributed by atoms with Gasteiger partial charge in [-0.3, -0.25) is 9.35 Å². The molecule has 7 nitrogen and oxygen atoms in total. The van der Waals surface area contributed by atoms with Gasteiger partial charge < -0.3 is 15.5 Å². The normalized spacial score (nSPS) is 14.5. The highest BCUT2D eigenvalue weighted by molar-refractivity contribution is 7.85. The van der Waals surface area contributed by atoms with Gasteiger partial charge in [0.1, 0.15) is 6.10 Å². The molecule has 3 atom stereocenters. The van der Waals surface area contributed by atoms with Crippen LogP contribution < -0.4 is 5.32 Å². The fraction of sp³-hybridized carbons (Fsp3) is 0.903. The second kappa shape index (κ2) is 26.0. The molecule has 3 unspecified atom stereocenters. The first-order valence-electron chi connectivity index (χ1n) is 16.0. The standard InChI is InChI=1S/C31H61NO6S/c1-3-5-7-9-11-13-15-16-18-19-21-23-25-29(33)28(27-39(36,37)38)32-31(35)30(34)26-24-22-20-17-14-12-10-8-6-4-2/h10,12,28-30,33-34H,3-9,11,13-27H2,1-2H3,(H,32,35)(H,36,37,38)/b12-10-. The van der Waals surface area contributed by atoms with E-state index in [0.29, 0.717) is 19.3 Å². The predicted molar refractivity (Wildman–Crippen MR) is 162 cm³/mol. The summed E-state index contributed by atoms with van der Waals surface area (Å²) in [4.78, 5) is 12.5. The Morgan fingerprint density at radius 1 is 0.667 bits per heavy atom. The van der Waals surface area contributed by atoms with E-state index >= 15 is 0 Å². The van der Waals surface area contributed by atoms with Gasteiger partial charge in [0.15, 0.2) is 0 Å². The summed E-state index contributed by atoms with van der Waals surface area (Å²) in [5, 5.41) is 23.3. The minimum absolute atomic E-state index is 0.283. The Labute approximate surface area is 240 Å². The first kappa shape index (κ1) is 38.0. The summed E-state index contributed by atoms with van der Waals surface area (Å²) in [6.45, 7) is 4.41. The average molecular weight is 576 g/mol. The molecule has 0 fully saturated rings. The number of allylic oxidation sites excluding steroid dienone is 2. The number of hydrogen-bond donors (Lipinski definition) is 4. The average Bonchev–Trinajstić information content (AvgIpc) is 2.88. The number of carbonyl (C=O) groups is 1. The Balaban J connectivity index is 4.17. The fourth-order valence-electron chi connectivity index (χ4n) is 4.79. The summed E-state index contributed by atoms with van der Waals surface area (Å²) in [6, 6.07) is -1.14. The van der Waals surface area contributed by atoms with E-state index in [9.17, 15) is 28.0 Å². The van der Waals surface area contributed by atoms with Gasteiger partial charge >= 0.3 is 0 Å². The van der Waals surface area contributed by atoms with E-state index in [-0.39, 0.29) is 6.42 Å². The Kier molecular flexibility index (Phi) is 25.3. The third kappa shape index (κ3) is 25.7. The number of nitrogens with one attached hydrogen (secondary N) is 1. The summed E-state index contributed by atoms with van der Waals surface area (Å²) >= 11 is 0. The van der Waals surface area contributed by atoms with Gasteiger partial charge in [0.2, 0.25) is 5.91 Å². The third-order valence-corrected chi connectivity index (χ3v) is 8.11. The van der Waals surface area contributed by atoms with Crippen LogP contribution in [0.4, 0.5) is 0 Å². The fourth-order valence-corrected chi connectivity index (χ4v) is 5.55. The molecule has 0 aliphatic carbocycles. The molecule has 0 aromatic rings. The zero-order valence-corrected chi connectivity index (χ0v) is 25.9. The van der Waals surface area contributed by atoms with E-state index < -0.39 is 40.0 Å². The molecule has 0 saturated carbocycles. The number of hydrogen-bond acceptors (Lipinski definition) is 5. The van der Waals surface area contributed by atoms with Crippen LogP contribution >= 0.6 is 0 Å².